The van der Waals surface area contributed by atoms with Crippen LogP contribution < -0.4 is 16.0 Å². The molecule has 0 radical (unpaired) electrons. The Balaban J connectivity index is 2.72. The number of imide groups is 1. The van der Waals surface area contributed by atoms with Gasteiger partial charge in [-0.2, -0.15) is 11.8 Å². The van der Waals surface area contributed by atoms with Gasteiger partial charge in [-0.25, -0.2) is 9.59 Å². The Bertz CT molecular complexity index is 639. The van der Waals surface area contributed by atoms with Crippen LogP contribution in [0.1, 0.15) is 23.7 Å². The van der Waals surface area contributed by atoms with Crippen molar-refractivity contribution < 1.29 is 23.9 Å². The van der Waals surface area contributed by atoms with Crippen LogP contribution in [0.15, 0.2) is 30.3 Å². The summed E-state index contributed by atoms with van der Waals surface area (Å²) >= 11 is 1.52. The SMILES string of the molecule is CNC(=O)NC(=O)[C@@H](C)OC(=O)[C@H](CCSC)NC(=O)c1ccccc1. The van der Waals surface area contributed by atoms with Crippen molar-refractivity contribution in [3.8, 4) is 0 Å². The van der Waals surface area contributed by atoms with E-state index >= 15 is 0 Å². The van der Waals surface area contributed by atoms with E-state index in [9.17, 15) is 19.2 Å². The van der Waals surface area contributed by atoms with Gasteiger partial charge in [0.15, 0.2) is 6.10 Å². The molecule has 0 spiro atoms. The van der Waals surface area contributed by atoms with E-state index in [2.05, 4.69) is 10.6 Å². The molecule has 0 aliphatic heterocycles. The van der Waals surface area contributed by atoms with Gasteiger partial charge in [0, 0.05) is 12.6 Å². The summed E-state index contributed by atoms with van der Waals surface area (Å²) in [5.74, 6) is -1.28. The zero-order valence-electron chi connectivity index (χ0n) is 14.9. The molecule has 0 aliphatic carbocycles. The van der Waals surface area contributed by atoms with E-state index < -0.39 is 36.0 Å². The van der Waals surface area contributed by atoms with Crippen molar-refractivity contribution in [3.63, 3.8) is 0 Å². The maximum Gasteiger partial charge on any atom is 0.329 e. The first kappa shape index (κ1) is 21.5. The number of rotatable bonds is 8. The lowest BCUT2D eigenvalue weighted by Gasteiger charge is -2.20. The number of esters is 1. The first-order valence-electron chi connectivity index (χ1n) is 7.97. The van der Waals surface area contributed by atoms with E-state index in [1.165, 1.54) is 25.7 Å². The Kier molecular flexibility index (Phi) is 9.21. The molecule has 9 heteroatoms. The lowest BCUT2D eigenvalue weighted by molar-refractivity contribution is -0.156. The quantitative estimate of drug-likeness (QED) is 0.577. The molecule has 0 unspecified atom stereocenters. The van der Waals surface area contributed by atoms with Gasteiger partial charge in [0.1, 0.15) is 6.04 Å². The molecule has 0 fully saturated rings. The molecule has 1 aromatic carbocycles. The van der Waals surface area contributed by atoms with Crippen LogP contribution >= 0.6 is 11.8 Å². The zero-order valence-corrected chi connectivity index (χ0v) is 15.7. The normalized spacial score (nSPS) is 12.4. The van der Waals surface area contributed by atoms with Crippen LogP contribution in [0.5, 0.6) is 0 Å². The number of amides is 4. The molecule has 1 rings (SSSR count). The van der Waals surface area contributed by atoms with Crippen molar-refractivity contribution in [1.82, 2.24) is 16.0 Å². The number of ether oxygens (including phenoxy) is 1. The minimum atomic E-state index is -1.18. The first-order chi connectivity index (χ1) is 12.4. The number of nitrogens with one attached hydrogen (secondary N) is 3. The van der Waals surface area contributed by atoms with Gasteiger partial charge in [0.05, 0.1) is 0 Å². The topological polar surface area (TPSA) is 114 Å². The standard InChI is InChI=1S/C17H23N3O5S/c1-11(14(21)20-17(24)18-2)25-16(23)13(9-10-26-3)19-15(22)12-7-5-4-6-8-12/h4-8,11,13H,9-10H2,1-3H3,(H,19,22)(H2,18,20,21,24)/t11-,13+/m1/s1. The van der Waals surface area contributed by atoms with Gasteiger partial charge >= 0.3 is 12.0 Å². The third-order valence-electron chi connectivity index (χ3n) is 3.36. The van der Waals surface area contributed by atoms with Crippen molar-refractivity contribution in [2.24, 2.45) is 0 Å². The zero-order chi connectivity index (χ0) is 19.5. The monoisotopic (exact) mass is 381 g/mol. The average Bonchev–Trinajstić information content (AvgIpc) is 2.65. The Labute approximate surface area is 156 Å². The predicted molar refractivity (Wildman–Crippen MR) is 98.8 cm³/mol. The maximum absolute atomic E-state index is 12.4. The molecule has 0 saturated carbocycles. The molecule has 1 aromatic rings. The third kappa shape index (κ3) is 7.14. The molecule has 0 aromatic heterocycles. The fourth-order valence-electron chi connectivity index (χ4n) is 1.90. The summed E-state index contributed by atoms with van der Waals surface area (Å²) in [7, 11) is 1.36. The van der Waals surface area contributed by atoms with Crippen LogP contribution in [0.25, 0.3) is 0 Å². The van der Waals surface area contributed by atoms with Crippen molar-refractivity contribution in [2.75, 3.05) is 19.1 Å². The molecule has 0 saturated heterocycles. The highest BCUT2D eigenvalue weighted by molar-refractivity contribution is 7.98. The number of carbonyl (C=O) groups is 4. The minimum Gasteiger partial charge on any atom is -0.451 e. The molecule has 4 amide bonds. The highest BCUT2D eigenvalue weighted by atomic mass is 32.2. The lowest BCUT2D eigenvalue weighted by Crippen LogP contribution is -2.47. The number of urea groups is 1. The summed E-state index contributed by atoms with van der Waals surface area (Å²) in [6, 6.07) is 6.88. The van der Waals surface area contributed by atoms with Crippen LogP contribution in [0, 0.1) is 0 Å². The minimum absolute atomic E-state index is 0.350. The molecule has 142 valence electrons. The second kappa shape index (κ2) is 11.1. The summed E-state index contributed by atoms with van der Waals surface area (Å²) in [4.78, 5) is 47.6. The van der Waals surface area contributed by atoms with Gasteiger partial charge < -0.3 is 15.4 Å². The number of benzene rings is 1. The molecule has 26 heavy (non-hydrogen) atoms. The maximum atomic E-state index is 12.4. The van der Waals surface area contributed by atoms with Crippen LogP contribution in [0.4, 0.5) is 4.79 Å². The van der Waals surface area contributed by atoms with Gasteiger partial charge in [-0.1, -0.05) is 18.2 Å². The van der Waals surface area contributed by atoms with Crippen molar-refractivity contribution in [2.45, 2.75) is 25.5 Å². The van der Waals surface area contributed by atoms with E-state index in [0.717, 1.165) is 0 Å². The summed E-state index contributed by atoms with van der Waals surface area (Å²) in [5.41, 5.74) is 0.417. The van der Waals surface area contributed by atoms with Crippen LogP contribution in [-0.2, 0) is 14.3 Å². The highest BCUT2D eigenvalue weighted by Gasteiger charge is 2.27. The van der Waals surface area contributed by atoms with E-state index in [0.29, 0.717) is 17.7 Å². The fraction of sp³-hybridized carbons (Fsp3) is 0.412. The number of hydrogen-bond acceptors (Lipinski definition) is 6. The fourth-order valence-corrected chi connectivity index (χ4v) is 2.37. The Morgan fingerprint density at radius 3 is 2.38 bits per heavy atom. The number of hydrogen-bond donors (Lipinski definition) is 3. The van der Waals surface area contributed by atoms with Crippen LogP contribution in [0.3, 0.4) is 0 Å². The average molecular weight is 381 g/mol. The Morgan fingerprint density at radius 2 is 1.81 bits per heavy atom. The van der Waals surface area contributed by atoms with E-state index in [1.807, 2.05) is 11.6 Å². The van der Waals surface area contributed by atoms with Crippen molar-refractivity contribution in [3.05, 3.63) is 35.9 Å². The molecular weight excluding hydrogens is 358 g/mol. The van der Waals surface area contributed by atoms with Gasteiger partial charge in [0.25, 0.3) is 11.8 Å². The summed E-state index contributed by atoms with van der Waals surface area (Å²) in [5, 5.41) is 6.88. The Hall–Kier alpha value is -2.55. The summed E-state index contributed by atoms with van der Waals surface area (Å²) < 4.78 is 5.10. The largest absolute Gasteiger partial charge is 0.451 e. The molecule has 0 aliphatic rings. The van der Waals surface area contributed by atoms with Gasteiger partial charge in [-0.3, -0.25) is 14.9 Å². The Morgan fingerprint density at radius 1 is 1.15 bits per heavy atom. The summed E-state index contributed by atoms with van der Waals surface area (Å²) in [6.07, 6.45) is 1.05. The smallest absolute Gasteiger partial charge is 0.329 e. The van der Waals surface area contributed by atoms with Crippen LogP contribution in [0.2, 0.25) is 0 Å². The third-order valence-corrected chi connectivity index (χ3v) is 4.01. The molecule has 8 nitrogen and oxygen atoms in total. The van der Waals surface area contributed by atoms with Gasteiger partial charge in [-0.05, 0) is 37.5 Å². The van der Waals surface area contributed by atoms with E-state index in [4.69, 9.17) is 4.74 Å². The predicted octanol–water partition coefficient (Wildman–Crippen LogP) is 0.925. The highest BCUT2D eigenvalue weighted by Crippen LogP contribution is 2.07. The van der Waals surface area contributed by atoms with Crippen molar-refractivity contribution >= 4 is 35.6 Å². The van der Waals surface area contributed by atoms with Crippen molar-refractivity contribution in [1.29, 1.82) is 0 Å². The number of carbonyl (C=O) groups excluding carboxylic acids is 4. The molecule has 0 bridgehead atoms. The van der Waals surface area contributed by atoms with Gasteiger partial charge in [0.2, 0.25) is 0 Å². The second-order valence-electron chi connectivity index (χ2n) is 5.32. The van der Waals surface area contributed by atoms with E-state index in [1.54, 1.807) is 30.3 Å². The first-order valence-corrected chi connectivity index (χ1v) is 9.36. The van der Waals surface area contributed by atoms with Gasteiger partial charge in [-0.15, -0.1) is 0 Å². The molecule has 3 N–H and O–H groups in total. The van der Waals surface area contributed by atoms with E-state index in [-0.39, 0.29) is 0 Å². The molecule has 2 atom stereocenters. The molecular formula is C17H23N3O5S. The summed E-state index contributed by atoms with van der Waals surface area (Å²) in [6.45, 7) is 1.35. The second-order valence-corrected chi connectivity index (χ2v) is 6.31. The van der Waals surface area contributed by atoms with Crippen LogP contribution in [-0.4, -0.2) is 55.0 Å². The molecule has 0 heterocycles. The lowest BCUT2D eigenvalue weighted by atomic mass is 10.1. The number of thioether (sulfide) groups is 1.